The third-order valence-electron chi connectivity index (χ3n) is 5.56. The Morgan fingerprint density at radius 1 is 0.500 bits per heavy atom. The highest BCUT2D eigenvalue weighted by atomic mass is 14.4. The monoisotopic (exact) mass is 282 g/mol. The average Bonchev–Trinajstić information content (AvgIpc) is 2.82. The van der Waals surface area contributed by atoms with Crippen molar-refractivity contribution in [1.29, 1.82) is 0 Å². The first-order chi connectivity index (χ1) is 9.71. The summed E-state index contributed by atoms with van der Waals surface area (Å²) in [6.07, 6.45) is 16.6. The SMILES string of the molecule is CC.CC.CC(C)(C1CCCCCC1)C1CCCCC1. The van der Waals surface area contributed by atoms with E-state index in [1.165, 1.54) is 70.6 Å². The van der Waals surface area contributed by atoms with Crippen molar-refractivity contribution in [2.24, 2.45) is 17.3 Å². The summed E-state index contributed by atoms with van der Waals surface area (Å²) in [7, 11) is 0. The molecule has 0 aromatic heterocycles. The molecule has 2 aliphatic carbocycles. The minimum atomic E-state index is 0.630. The van der Waals surface area contributed by atoms with Crippen LogP contribution in [0.5, 0.6) is 0 Å². The molecule has 0 N–H and O–H groups in total. The normalized spacial score (nSPS) is 21.9. The molecule has 122 valence electrons. The first-order valence-electron chi connectivity index (χ1n) is 9.71. The van der Waals surface area contributed by atoms with Crippen LogP contribution in [-0.2, 0) is 0 Å². The van der Waals surface area contributed by atoms with Gasteiger partial charge in [0, 0.05) is 0 Å². The molecule has 2 rings (SSSR count). The zero-order valence-corrected chi connectivity index (χ0v) is 15.4. The predicted molar refractivity (Wildman–Crippen MR) is 94.2 cm³/mol. The fraction of sp³-hybridized carbons (Fsp3) is 1.00. The zero-order valence-electron chi connectivity index (χ0n) is 15.4. The van der Waals surface area contributed by atoms with Crippen molar-refractivity contribution in [3.63, 3.8) is 0 Å². The van der Waals surface area contributed by atoms with Gasteiger partial charge in [0.05, 0.1) is 0 Å². The molecule has 2 saturated carbocycles. The highest BCUT2D eigenvalue weighted by Crippen LogP contribution is 2.47. The van der Waals surface area contributed by atoms with Crippen LogP contribution in [0.15, 0.2) is 0 Å². The summed E-state index contributed by atoms with van der Waals surface area (Å²) in [5, 5.41) is 0. The molecule has 0 heterocycles. The van der Waals surface area contributed by atoms with Gasteiger partial charge in [-0.2, -0.15) is 0 Å². The van der Waals surface area contributed by atoms with E-state index in [0.717, 1.165) is 11.8 Å². The van der Waals surface area contributed by atoms with Crippen LogP contribution < -0.4 is 0 Å². The van der Waals surface area contributed by atoms with Crippen LogP contribution in [0.1, 0.15) is 112 Å². The summed E-state index contributed by atoms with van der Waals surface area (Å²) < 4.78 is 0. The number of hydrogen-bond donors (Lipinski definition) is 0. The topological polar surface area (TPSA) is 0 Å². The quantitative estimate of drug-likeness (QED) is 0.457. The highest BCUT2D eigenvalue weighted by molar-refractivity contribution is 4.87. The lowest BCUT2D eigenvalue weighted by molar-refractivity contribution is 0.0725. The lowest BCUT2D eigenvalue weighted by Gasteiger charge is -2.43. The number of hydrogen-bond acceptors (Lipinski definition) is 0. The van der Waals surface area contributed by atoms with Crippen LogP contribution in [0, 0.1) is 17.3 Å². The van der Waals surface area contributed by atoms with Crippen LogP contribution in [-0.4, -0.2) is 0 Å². The molecule has 2 fully saturated rings. The molecule has 0 saturated heterocycles. The Bertz CT molecular complexity index is 190. The molecule has 0 amide bonds. The first-order valence-corrected chi connectivity index (χ1v) is 9.71. The third kappa shape index (κ3) is 6.19. The minimum absolute atomic E-state index is 0.630. The van der Waals surface area contributed by atoms with Gasteiger partial charge >= 0.3 is 0 Å². The van der Waals surface area contributed by atoms with Gasteiger partial charge in [0.25, 0.3) is 0 Å². The molecule has 0 aromatic carbocycles. The van der Waals surface area contributed by atoms with Gasteiger partial charge in [0.2, 0.25) is 0 Å². The average molecular weight is 283 g/mol. The van der Waals surface area contributed by atoms with Gasteiger partial charge in [-0.25, -0.2) is 0 Å². The summed E-state index contributed by atoms with van der Waals surface area (Å²) in [6.45, 7) is 13.2. The maximum absolute atomic E-state index is 2.58. The van der Waals surface area contributed by atoms with Crippen molar-refractivity contribution in [3.05, 3.63) is 0 Å². The molecule has 0 heteroatoms. The maximum atomic E-state index is 2.58. The molecule has 0 nitrogen and oxygen atoms in total. The molecular weight excluding hydrogens is 240 g/mol. The maximum Gasteiger partial charge on any atom is -0.0298 e. The Morgan fingerprint density at radius 3 is 1.05 bits per heavy atom. The van der Waals surface area contributed by atoms with E-state index < -0.39 is 0 Å². The van der Waals surface area contributed by atoms with Crippen molar-refractivity contribution in [3.8, 4) is 0 Å². The van der Waals surface area contributed by atoms with E-state index in [-0.39, 0.29) is 0 Å². The van der Waals surface area contributed by atoms with Gasteiger partial charge in [-0.15, -0.1) is 0 Å². The molecule has 0 atom stereocenters. The van der Waals surface area contributed by atoms with E-state index in [0.29, 0.717) is 5.41 Å². The lowest BCUT2D eigenvalue weighted by Crippen LogP contribution is -2.33. The van der Waals surface area contributed by atoms with Gasteiger partial charge in [-0.1, -0.05) is 86.5 Å². The molecule has 0 bridgehead atoms. The van der Waals surface area contributed by atoms with Crippen LogP contribution in [0.3, 0.4) is 0 Å². The second-order valence-electron chi connectivity index (χ2n) is 6.84. The van der Waals surface area contributed by atoms with E-state index in [2.05, 4.69) is 13.8 Å². The van der Waals surface area contributed by atoms with E-state index in [1.807, 2.05) is 27.7 Å². The molecule has 20 heavy (non-hydrogen) atoms. The smallest absolute Gasteiger partial charge is 0.0298 e. The van der Waals surface area contributed by atoms with Crippen molar-refractivity contribution in [2.75, 3.05) is 0 Å². The van der Waals surface area contributed by atoms with E-state index in [1.54, 1.807) is 0 Å². The first kappa shape index (κ1) is 20.0. The molecule has 0 aromatic rings. The summed E-state index contributed by atoms with van der Waals surface area (Å²) >= 11 is 0. The Morgan fingerprint density at radius 2 is 0.750 bits per heavy atom. The van der Waals surface area contributed by atoms with Gasteiger partial charge in [0.15, 0.2) is 0 Å². The van der Waals surface area contributed by atoms with Crippen molar-refractivity contribution in [2.45, 2.75) is 112 Å². The Hall–Kier alpha value is 0. The minimum Gasteiger partial charge on any atom is -0.0683 e. The van der Waals surface area contributed by atoms with Crippen molar-refractivity contribution >= 4 is 0 Å². The van der Waals surface area contributed by atoms with Crippen LogP contribution in [0.2, 0.25) is 0 Å². The zero-order chi connectivity index (χ0) is 15.4. The van der Waals surface area contributed by atoms with Gasteiger partial charge < -0.3 is 0 Å². The number of rotatable bonds is 2. The van der Waals surface area contributed by atoms with Gasteiger partial charge in [-0.05, 0) is 42.9 Å². The van der Waals surface area contributed by atoms with Gasteiger partial charge in [0.1, 0.15) is 0 Å². The van der Waals surface area contributed by atoms with Crippen LogP contribution in [0.4, 0.5) is 0 Å². The summed E-state index contributed by atoms with van der Waals surface area (Å²) in [6, 6.07) is 0. The van der Waals surface area contributed by atoms with Crippen molar-refractivity contribution in [1.82, 2.24) is 0 Å². The standard InChI is InChI=1S/C16H30.2C2H6/c1-16(2,15-12-8-5-9-13-15)14-10-6-3-4-7-11-14;2*1-2/h14-15H,3-13H2,1-2H3;2*1-2H3. The lowest BCUT2D eigenvalue weighted by atomic mass is 9.62. The Kier molecular flexibility index (Phi) is 11.6. The fourth-order valence-electron chi connectivity index (χ4n) is 4.20. The molecule has 0 aliphatic heterocycles. The molecule has 2 aliphatic rings. The van der Waals surface area contributed by atoms with Crippen molar-refractivity contribution < 1.29 is 0 Å². The van der Waals surface area contributed by atoms with Crippen LogP contribution >= 0.6 is 0 Å². The fourth-order valence-corrected chi connectivity index (χ4v) is 4.20. The van der Waals surface area contributed by atoms with Crippen LogP contribution in [0.25, 0.3) is 0 Å². The third-order valence-corrected chi connectivity index (χ3v) is 5.56. The molecule has 0 unspecified atom stereocenters. The Balaban J connectivity index is 0.000000829. The summed E-state index contributed by atoms with van der Waals surface area (Å²) in [4.78, 5) is 0. The molecule has 0 spiro atoms. The van der Waals surface area contributed by atoms with E-state index in [4.69, 9.17) is 0 Å². The predicted octanol–water partition coefficient (Wildman–Crippen LogP) is 7.62. The second kappa shape index (κ2) is 11.6. The molecular formula is C20H42. The molecule has 0 radical (unpaired) electrons. The summed E-state index contributed by atoms with van der Waals surface area (Å²) in [5.41, 5.74) is 0.630. The highest BCUT2D eigenvalue weighted by Gasteiger charge is 2.37. The van der Waals surface area contributed by atoms with Gasteiger partial charge in [-0.3, -0.25) is 0 Å². The van der Waals surface area contributed by atoms with E-state index in [9.17, 15) is 0 Å². The largest absolute Gasteiger partial charge is 0.0683 e. The second-order valence-corrected chi connectivity index (χ2v) is 6.84. The Labute approximate surface area is 130 Å². The van der Waals surface area contributed by atoms with E-state index >= 15 is 0 Å². The summed E-state index contributed by atoms with van der Waals surface area (Å²) in [5.74, 6) is 2.06.